The van der Waals surface area contributed by atoms with Crippen LogP contribution in [0.15, 0.2) is 64.6 Å². The second-order valence-electron chi connectivity index (χ2n) is 6.59. The maximum atomic E-state index is 13.2. The molecule has 134 valence electrons. The quantitative estimate of drug-likeness (QED) is 0.696. The average Bonchev–Trinajstić information content (AvgIpc) is 3.08. The first-order chi connectivity index (χ1) is 12.5. The van der Waals surface area contributed by atoms with Crippen molar-refractivity contribution in [1.29, 1.82) is 0 Å². The Morgan fingerprint density at radius 3 is 2.58 bits per heavy atom. The highest BCUT2D eigenvalue weighted by atomic mass is 32.1. The number of nitrogens with one attached hydrogen (secondary N) is 1. The minimum absolute atomic E-state index is 0.00278. The van der Waals surface area contributed by atoms with E-state index in [4.69, 9.17) is 4.42 Å². The Bertz CT molecular complexity index is 850. The van der Waals surface area contributed by atoms with Crippen LogP contribution in [0.4, 0.5) is 4.39 Å². The molecular weight excluding hydrogens is 353 g/mol. The molecule has 1 unspecified atom stereocenters. The summed E-state index contributed by atoms with van der Waals surface area (Å²) in [6.07, 6.45) is 2.92. The van der Waals surface area contributed by atoms with Crippen LogP contribution in [-0.2, 0) is 15.8 Å². The molecule has 4 nitrogen and oxygen atoms in total. The number of aliphatic hydroxyl groups is 1. The summed E-state index contributed by atoms with van der Waals surface area (Å²) in [6.45, 7) is 0.00278. The molecule has 26 heavy (non-hydrogen) atoms. The molecule has 0 aliphatic heterocycles. The van der Waals surface area contributed by atoms with Crippen LogP contribution in [0.3, 0.4) is 0 Å². The normalized spacial score (nSPS) is 17.5. The molecule has 0 spiro atoms. The van der Waals surface area contributed by atoms with Gasteiger partial charge in [-0.2, -0.15) is 0 Å². The Morgan fingerprint density at radius 2 is 2.00 bits per heavy atom. The molecule has 1 atom stereocenters. The van der Waals surface area contributed by atoms with E-state index in [1.165, 1.54) is 29.7 Å². The van der Waals surface area contributed by atoms with E-state index in [0.29, 0.717) is 23.5 Å². The van der Waals surface area contributed by atoms with Crippen molar-refractivity contribution < 1.29 is 18.7 Å². The Kier molecular flexibility index (Phi) is 4.17. The number of halogens is 1. The van der Waals surface area contributed by atoms with Crippen molar-refractivity contribution in [2.24, 2.45) is 0 Å². The van der Waals surface area contributed by atoms with Gasteiger partial charge < -0.3 is 14.8 Å². The van der Waals surface area contributed by atoms with Gasteiger partial charge in [0.05, 0.1) is 18.2 Å². The van der Waals surface area contributed by atoms with Crippen LogP contribution in [0, 0.1) is 5.82 Å². The smallest absolute Gasteiger partial charge is 0.230 e. The van der Waals surface area contributed by atoms with Crippen LogP contribution >= 0.6 is 11.3 Å². The third-order valence-electron chi connectivity index (χ3n) is 4.94. The molecule has 2 aromatic heterocycles. The number of thiophene rings is 1. The number of benzene rings is 1. The van der Waals surface area contributed by atoms with Crippen LogP contribution in [0.25, 0.3) is 0 Å². The lowest BCUT2D eigenvalue weighted by molar-refractivity contribution is -0.124. The molecule has 2 heterocycles. The van der Waals surface area contributed by atoms with Crippen LogP contribution in [0.2, 0.25) is 0 Å². The molecule has 0 saturated heterocycles. The van der Waals surface area contributed by atoms with Gasteiger partial charge >= 0.3 is 0 Å². The summed E-state index contributed by atoms with van der Waals surface area (Å²) < 4.78 is 18.6. The molecule has 4 rings (SSSR count). The van der Waals surface area contributed by atoms with E-state index in [-0.39, 0.29) is 18.3 Å². The molecule has 1 aliphatic rings. The fraction of sp³-hybridized carbons (Fsp3) is 0.250. The van der Waals surface area contributed by atoms with E-state index in [2.05, 4.69) is 5.32 Å². The first kappa shape index (κ1) is 17.0. The summed E-state index contributed by atoms with van der Waals surface area (Å²) in [4.78, 5) is 13.5. The van der Waals surface area contributed by atoms with Gasteiger partial charge in [0.2, 0.25) is 5.91 Å². The molecule has 0 radical (unpaired) electrons. The van der Waals surface area contributed by atoms with E-state index in [1.54, 1.807) is 24.3 Å². The van der Waals surface area contributed by atoms with Gasteiger partial charge in [-0.05, 0) is 54.1 Å². The topological polar surface area (TPSA) is 62.5 Å². The molecule has 2 N–H and O–H groups in total. The zero-order valence-electron chi connectivity index (χ0n) is 13.9. The van der Waals surface area contributed by atoms with E-state index in [9.17, 15) is 14.3 Å². The Morgan fingerprint density at radius 1 is 1.23 bits per heavy atom. The fourth-order valence-electron chi connectivity index (χ4n) is 3.24. The Labute approximate surface area is 154 Å². The highest BCUT2D eigenvalue weighted by Gasteiger charge is 2.51. The number of rotatable bonds is 6. The van der Waals surface area contributed by atoms with Crippen LogP contribution in [0.1, 0.15) is 29.0 Å². The molecular formula is C20H18FNO3S. The second kappa shape index (κ2) is 6.37. The molecule has 3 aromatic rings. The van der Waals surface area contributed by atoms with Gasteiger partial charge in [0.25, 0.3) is 0 Å². The summed E-state index contributed by atoms with van der Waals surface area (Å²) in [5.41, 5.74) is -1.26. The number of hydrogen-bond donors (Lipinski definition) is 2. The number of carbonyl (C=O) groups is 1. The highest BCUT2D eigenvalue weighted by Crippen LogP contribution is 2.48. The predicted molar refractivity (Wildman–Crippen MR) is 96.3 cm³/mol. The van der Waals surface area contributed by atoms with Crippen LogP contribution in [-0.4, -0.2) is 17.6 Å². The van der Waals surface area contributed by atoms with Crippen molar-refractivity contribution in [3.8, 4) is 0 Å². The van der Waals surface area contributed by atoms with Gasteiger partial charge in [0.1, 0.15) is 11.6 Å². The number of carbonyl (C=O) groups excluding carboxylic acids is 1. The van der Waals surface area contributed by atoms with Crippen molar-refractivity contribution in [2.75, 3.05) is 6.54 Å². The zero-order valence-corrected chi connectivity index (χ0v) is 14.8. The molecule has 1 aromatic carbocycles. The second-order valence-corrected chi connectivity index (χ2v) is 7.53. The lowest BCUT2D eigenvalue weighted by atomic mass is 9.93. The summed E-state index contributed by atoms with van der Waals surface area (Å²) >= 11 is 1.40. The summed E-state index contributed by atoms with van der Waals surface area (Å²) in [5.74, 6) is -0.104. The van der Waals surface area contributed by atoms with Crippen molar-refractivity contribution in [3.05, 3.63) is 82.2 Å². The maximum absolute atomic E-state index is 13.2. The van der Waals surface area contributed by atoms with Crippen molar-refractivity contribution in [2.45, 2.75) is 23.9 Å². The minimum atomic E-state index is -1.42. The largest absolute Gasteiger partial charge is 0.466 e. The first-order valence-corrected chi connectivity index (χ1v) is 9.27. The van der Waals surface area contributed by atoms with Crippen LogP contribution < -0.4 is 5.32 Å². The standard InChI is InChI=1S/C20H18FNO3S/c21-15-7-5-14(6-8-15)19(9-10-19)18(23)22-13-20(24,16-3-1-11-25-16)17-4-2-12-26-17/h1-8,11-12,24H,9-10,13H2,(H,22,23). The number of furan rings is 1. The summed E-state index contributed by atoms with van der Waals surface area (Å²) in [6, 6.07) is 13.1. The predicted octanol–water partition coefficient (Wildman–Crippen LogP) is 3.56. The molecule has 1 amide bonds. The maximum Gasteiger partial charge on any atom is 0.230 e. The fourth-order valence-corrected chi connectivity index (χ4v) is 4.07. The average molecular weight is 371 g/mol. The summed E-state index contributed by atoms with van der Waals surface area (Å²) in [7, 11) is 0. The lowest BCUT2D eigenvalue weighted by Crippen LogP contribution is -2.44. The molecule has 6 heteroatoms. The van der Waals surface area contributed by atoms with Gasteiger partial charge in [-0.25, -0.2) is 4.39 Å². The molecule has 1 aliphatic carbocycles. The SMILES string of the molecule is O=C(NCC(O)(c1ccco1)c1cccs1)C1(c2ccc(F)cc2)CC1. The van der Waals surface area contributed by atoms with Crippen LogP contribution in [0.5, 0.6) is 0 Å². The summed E-state index contributed by atoms with van der Waals surface area (Å²) in [5, 5.41) is 16.0. The first-order valence-electron chi connectivity index (χ1n) is 8.39. The van der Waals surface area contributed by atoms with E-state index < -0.39 is 11.0 Å². The van der Waals surface area contributed by atoms with Crippen molar-refractivity contribution >= 4 is 17.2 Å². The van der Waals surface area contributed by atoms with Gasteiger partial charge in [0, 0.05) is 4.88 Å². The third-order valence-corrected chi connectivity index (χ3v) is 5.96. The van der Waals surface area contributed by atoms with Gasteiger partial charge in [0.15, 0.2) is 5.60 Å². The van der Waals surface area contributed by atoms with E-state index in [0.717, 1.165) is 5.56 Å². The van der Waals surface area contributed by atoms with Gasteiger partial charge in [-0.1, -0.05) is 18.2 Å². The Balaban J connectivity index is 1.55. The number of amides is 1. The van der Waals surface area contributed by atoms with Gasteiger partial charge in [-0.3, -0.25) is 4.79 Å². The Hall–Kier alpha value is -2.44. The third kappa shape index (κ3) is 2.85. The van der Waals surface area contributed by atoms with E-state index >= 15 is 0 Å². The van der Waals surface area contributed by atoms with E-state index in [1.807, 2.05) is 17.5 Å². The molecule has 0 bridgehead atoms. The van der Waals surface area contributed by atoms with Crippen molar-refractivity contribution in [3.63, 3.8) is 0 Å². The lowest BCUT2D eigenvalue weighted by Gasteiger charge is -2.26. The zero-order chi connectivity index (χ0) is 18.2. The number of hydrogen-bond acceptors (Lipinski definition) is 4. The minimum Gasteiger partial charge on any atom is -0.466 e. The van der Waals surface area contributed by atoms with Crippen molar-refractivity contribution in [1.82, 2.24) is 5.32 Å². The highest BCUT2D eigenvalue weighted by molar-refractivity contribution is 7.10. The monoisotopic (exact) mass is 371 g/mol. The van der Waals surface area contributed by atoms with Gasteiger partial charge in [-0.15, -0.1) is 11.3 Å². The molecule has 1 saturated carbocycles. The molecule has 1 fully saturated rings.